The van der Waals surface area contributed by atoms with Crippen LogP contribution in [0.15, 0.2) is 42.7 Å². The summed E-state index contributed by atoms with van der Waals surface area (Å²) in [5.41, 5.74) is 2.59. The van der Waals surface area contributed by atoms with Crippen molar-refractivity contribution in [1.82, 2.24) is 19.5 Å². The Bertz CT molecular complexity index is 1020. The van der Waals surface area contributed by atoms with Gasteiger partial charge in [0.15, 0.2) is 5.82 Å². The molecule has 0 radical (unpaired) electrons. The van der Waals surface area contributed by atoms with Crippen LogP contribution in [0.5, 0.6) is 0 Å². The molecule has 150 valence electrons. The van der Waals surface area contributed by atoms with E-state index >= 15 is 0 Å². The molecule has 0 bridgehead atoms. The lowest BCUT2D eigenvalue weighted by atomic mass is 9.95. The van der Waals surface area contributed by atoms with Gasteiger partial charge >= 0.3 is 0 Å². The van der Waals surface area contributed by atoms with Crippen LogP contribution in [0, 0.1) is 11.7 Å². The van der Waals surface area contributed by atoms with E-state index in [9.17, 15) is 9.18 Å². The summed E-state index contributed by atoms with van der Waals surface area (Å²) in [5, 5.41) is 4.63. The number of halogens is 1. The number of nitrogens with zero attached hydrogens (tertiary/aromatic N) is 5. The Morgan fingerprint density at radius 3 is 2.48 bits per heavy atom. The van der Waals surface area contributed by atoms with Gasteiger partial charge in [0, 0.05) is 50.1 Å². The van der Waals surface area contributed by atoms with Crippen molar-refractivity contribution in [3.8, 4) is 11.3 Å². The van der Waals surface area contributed by atoms with E-state index in [2.05, 4.69) is 15.0 Å². The first-order valence-electron chi connectivity index (χ1n) is 10.3. The van der Waals surface area contributed by atoms with Gasteiger partial charge < -0.3 is 9.80 Å². The summed E-state index contributed by atoms with van der Waals surface area (Å²) < 4.78 is 15.1. The zero-order valence-electron chi connectivity index (χ0n) is 16.3. The number of hydrogen-bond acceptors (Lipinski definition) is 4. The van der Waals surface area contributed by atoms with Gasteiger partial charge in [-0.05, 0) is 56.0 Å². The molecule has 0 spiro atoms. The molecule has 3 aromatic rings. The van der Waals surface area contributed by atoms with Crippen molar-refractivity contribution in [3.05, 3.63) is 48.5 Å². The number of anilines is 1. The highest BCUT2D eigenvalue weighted by molar-refractivity contribution is 5.80. The minimum Gasteiger partial charge on any atom is -0.355 e. The first-order chi connectivity index (χ1) is 14.2. The van der Waals surface area contributed by atoms with E-state index in [1.807, 2.05) is 21.7 Å². The van der Waals surface area contributed by atoms with Gasteiger partial charge in [0.25, 0.3) is 0 Å². The van der Waals surface area contributed by atoms with Gasteiger partial charge in [0.05, 0.1) is 5.69 Å². The van der Waals surface area contributed by atoms with E-state index in [-0.39, 0.29) is 11.7 Å². The topological polar surface area (TPSA) is 53.7 Å². The quantitative estimate of drug-likeness (QED) is 0.685. The van der Waals surface area contributed by atoms with E-state index in [0.29, 0.717) is 5.91 Å². The average Bonchev–Trinajstić information content (AvgIpc) is 3.44. The lowest BCUT2D eigenvalue weighted by Crippen LogP contribution is -2.42. The Morgan fingerprint density at radius 2 is 1.76 bits per heavy atom. The van der Waals surface area contributed by atoms with Crippen LogP contribution in [0.1, 0.15) is 25.7 Å². The summed E-state index contributed by atoms with van der Waals surface area (Å²) in [4.78, 5) is 21.6. The normalized spacial score (nSPS) is 18.0. The Balaban J connectivity index is 1.35. The van der Waals surface area contributed by atoms with Crippen LogP contribution in [-0.2, 0) is 4.79 Å². The first-order valence-corrected chi connectivity index (χ1v) is 10.3. The highest BCUT2D eigenvalue weighted by Crippen LogP contribution is 2.29. The summed E-state index contributed by atoms with van der Waals surface area (Å²) in [7, 11) is 0. The predicted molar refractivity (Wildman–Crippen MR) is 109 cm³/mol. The second-order valence-corrected chi connectivity index (χ2v) is 7.91. The minimum atomic E-state index is -0.258. The fourth-order valence-corrected chi connectivity index (χ4v) is 4.45. The number of piperidine rings is 1. The number of amides is 1. The first kappa shape index (κ1) is 18.1. The van der Waals surface area contributed by atoms with Crippen LogP contribution in [0.4, 0.5) is 10.2 Å². The number of aromatic nitrogens is 3. The second kappa shape index (κ2) is 7.46. The van der Waals surface area contributed by atoms with Crippen molar-refractivity contribution in [2.45, 2.75) is 25.7 Å². The largest absolute Gasteiger partial charge is 0.355 e. The molecule has 0 saturated carbocycles. The maximum atomic E-state index is 13.2. The molecule has 5 rings (SSSR count). The maximum absolute atomic E-state index is 13.2. The minimum absolute atomic E-state index is 0.128. The Hall–Kier alpha value is -2.96. The lowest BCUT2D eigenvalue weighted by molar-refractivity contribution is -0.135. The lowest BCUT2D eigenvalue weighted by Gasteiger charge is -2.34. The zero-order valence-corrected chi connectivity index (χ0v) is 16.3. The van der Waals surface area contributed by atoms with E-state index in [4.69, 9.17) is 0 Å². The van der Waals surface area contributed by atoms with Crippen LogP contribution < -0.4 is 4.90 Å². The molecule has 4 heterocycles. The average molecular weight is 393 g/mol. The van der Waals surface area contributed by atoms with E-state index < -0.39 is 0 Å². The molecule has 29 heavy (non-hydrogen) atoms. The van der Waals surface area contributed by atoms with E-state index in [1.165, 1.54) is 12.1 Å². The van der Waals surface area contributed by atoms with Gasteiger partial charge in [-0.3, -0.25) is 4.79 Å². The van der Waals surface area contributed by atoms with Crippen molar-refractivity contribution in [1.29, 1.82) is 0 Å². The van der Waals surface area contributed by atoms with E-state index in [1.54, 1.807) is 18.3 Å². The molecule has 1 amide bonds. The van der Waals surface area contributed by atoms with Gasteiger partial charge in [-0.15, -0.1) is 0 Å². The molecule has 0 aliphatic carbocycles. The van der Waals surface area contributed by atoms with Crippen molar-refractivity contribution < 1.29 is 9.18 Å². The Morgan fingerprint density at radius 1 is 1.03 bits per heavy atom. The SMILES string of the molecule is O=C(C1CCN(c2nccn3nc(-c4ccc(F)cc4)cc23)CC1)N1CCCC1. The molecule has 0 N–H and O–H groups in total. The van der Waals surface area contributed by atoms with Crippen LogP contribution in [0.25, 0.3) is 16.8 Å². The van der Waals surface area contributed by atoms with Gasteiger partial charge in [0.1, 0.15) is 11.3 Å². The maximum Gasteiger partial charge on any atom is 0.225 e. The van der Waals surface area contributed by atoms with Crippen LogP contribution in [0.2, 0.25) is 0 Å². The molecule has 7 heteroatoms. The van der Waals surface area contributed by atoms with Gasteiger partial charge in [-0.1, -0.05) is 0 Å². The summed E-state index contributed by atoms with van der Waals surface area (Å²) >= 11 is 0. The number of fused-ring (bicyclic) bond motifs is 1. The third-order valence-corrected chi connectivity index (χ3v) is 6.07. The molecular weight excluding hydrogens is 369 g/mol. The summed E-state index contributed by atoms with van der Waals surface area (Å²) in [5.74, 6) is 1.09. The smallest absolute Gasteiger partial charge is 0.225 e. The van der Waals surface area contributed by atoms with Gasteiger partial charge in [-0.25, -0.2) is 13.9 Å². The molecule has 2 aromatic heterocycles. The number of hydrogen-bond donors (Lipinski definition) is 0. The Labute approximate surface area is 168 Å². The van der Waals surface area contributed by atoms with Crippen LogP contribution in [0.3, 0.4) is 0 Å². The summed E-state index contributed by atoms with van der Waals surface area (Å²) in [6.45, 7) is 3.46. The van der Waals surface area contributed by atoms with Crippen molar-refractivity contribution >= 4 is 17.2 Å². The van der Waals surface area contributed by atoms with Gasteiger partial charge in [0.2, 0.25) is 5.91 Å². The number of rotatable bonds is 3. The standard InChI is InChI=1S/C22H24FN5O/c23-18-5-3-16(4-6-18)19-15-20-21(24-9-14-28(20)25-19)26-12-7-17(8-13-26)22(29)27-10-1-2-11-27/h3-6,9,14-15,17H,1-2,7-8,10-13H2. The van der Waals surface area contributed by atoms with E-state index in [0.717, 1.165) is 74.5 Å². The van der Waals surface area contributed by atoms with Crippen molar-refractivity contribution in [2.24, 2.45) is 5.92 Å². The number of likely N-dealkylation sites (tertiary alicyclic amines) is 1. The third-order valence-electron chi connectivity index (χ3n) is 6.07. The third kappa shape index (κ3) is 3.45. The molecule has 2 fully saturated rings. The van der Waals surface area contributed by atoms with Gasteiger partial charge in [-0.2, -0.15) is 5.10 Å². The van der Waals surface area contributed by atoms with Crippen LogP contribution >= 0.6 is 0 Å². The molecule has 0 unspecified atom stereocenters. The fourth-order valence-electron chi connectivity index (χ4n) is 4.45. The molecule has 2 aliphatic rings. The molecular formula is C22H24FN5O. The molecule has 6 nitrogen and oxygen atoms in total. The molecule has 2 saturated heterocycles. The number of carbonyl (C=O) groups excluding carboxylic acids is 1. The molecule has 0 atom stereocenters. The van der Waals surface area contributed by atoms with Crippen molar-refractivity contribution in [3.63, 3.8) is 0 Å². The summed E-state index contributed by atoms with van der Waals surface area (Å²) in [6.07, 6.45) is 7.57. The molecule has 1 aromatic carbocycles. The highest BCUT2D eigenvalue weighted by Gasteiger charge is 2.30. The fraction of sp³-hybridized carbons (Fsp3) is 0.409. The highest BCUT2D eigenvalue weighted by atomic mass is 19.1. The monoisotopic (exact) mass is 393 g/mol. The van der Waals surface area contributed by atoms with Crippen LogP contribution in [-0.4, -0.2) is 51.6 Å². The van der Waals surface area contributed by atoms with Crippen molar-refractivity contribution in [2.75, 3.05) is 31.1 Å². The second-order valence-electron chi connectivity index (χ2n) is 7.91. The Kier molecular flexibility index (Phi) is 4.66. The number of carbonyl (C=O) groups is 1. The molecule has 2 aliphatic heterocycles. The summed E-state index contributed by atoms with van der Waals surface area (Å²) in [6, 6.07) is 8.36. The predicted octanol–water partition coefficient (Wildman–Crippen LogP) is 3.37. The number of benzene rings is 1. The zero-order chi connectivity index (χ0) is 19.8.